The summed E-state index contributed by atoms with van der Waals surface area (Å²) < 4.78 is 0. The summed E-state index contributed by atoms with van der Waals surface area (Å²) in [5.74, 6) is 0. The van der Waals surface area contributed by atoms with Crippen molar-refractivity contribution in [2.24, 2.45) is 0 Å². The van der Waals surface area contributed by atoms with Crippen LogP contribution in [0.15, 0.2) is 18.2 Å². The maximum Gasteiger partial charge on any atom is 0.225 e. The highest BCUT2D eigenvalue weighted by atomic mass is 16.1. The molecular formula is C15H19N3O. The highest BCUT2D eigenvalue weighted by Crippen LogP contribution is 2.31. The van der Waals surface area contributed by atoms with E-state index < -0.39 is 0 Å². The molecule has 1 heterocycles. The second kappa shape index (κ2) is 4.96. The third-order valence-corrected chi connectivity index (χ3v) is 3.92. The lowest BCUT2D eigenvalue weighted by molar-refractivity contribution is -0.109. The van der Waals surface area contributed by atoms with Gasteiger partial charge in [0.1, 0.15) is 0 Å². The Morgan fingerprint density at radius 3 is 3.00 bits per heavy atom. The summed E-state index contributed by atoms with van der Waals surface area (Å²) >= 11 is 0. The Morgan fingerprint density at radius 1 is 1.37 bits per heavy atom. The highest BCUT2D eigenvalue weighted by Gasteiger charge is 2.16. The van der Waals surface area contributed by atoms with Gasteiger partial charge in [-0.15, -0.1) is 0 Å². The molecule has 0 atom stereocenters. The van der Waals surface area contributed by atoms with Crippen molar-refractivity contribution in [2.45, 2.75) is 32.6 Å². The lowest BCUT2D eigenvalue weighted by Gasteiger charge is -2.21. The van der Waals surface area contributed by atoms with Gasteiger partial charge < -0.3 is 4.98 Å². The number of hydrogen-bond donors (Lipinski definition) is 2. The molecule has 1 aliphatic rings. The van der Waals surface area contributed by atoms with E-state index in [9.17, 15) is 4.79 Å². The molecule has 4 nitrogen and oxygen atoms in total. The number of carbonyl (C=O) groups excluding carboxylic acids is 1. The summed E-state index contributed by atoms with van der Waals surface area (Å²) in [6.07, 6.45) is 5.59. The van der Waals surface area contributed by atoms with Gasteiger partial charge in [0.05, 0.1) is 5.69 Å². The van der Waals surface area contributed by atoms with Gasteiger partial charge in [-0.3, -0.25) is 15.2 Å². The van der Waals surface area contributed by atoms with Crippen LogP contribution in [0.2, 0.25) is 0 Å². The number of benzene rings is 1. The van der Waals surface area contributed by atoms with Gasteiger partial charge in [-0.1, -0.05) is 0 Å². The van der Waals surface area contributed by atoms with Gasteiger partial charge in [0.2, 0.25) is 6.41 Å². The van der Waals surface area contributed by atoms with Gasteiger partial charge in [0.25, 0.3) is 0 Å². The van der Waals surface area contributed by atoms with E-state index in [1.165, 1.54) is 35.0 Å². The van der Waals surface area contributed by atoms with Crippen molar-refractivity contribution in [1.82, 2.24) is 10.4 Å². The zero-order valence-electron chi connectivity index (χ0n) is 11.2. The molecule has 4 heteroatoms. The van der Waals surface area contributed by atoms with E-state index in [4.69, 9.17) is 0 Å². The Labute approximate surface area is 112 Å². The smallest absolute Gasteiger partial charge is 0.225 e. The zero-order valence-corrected chi connectivity index (χ0v) is 11.2. The SMILES string of the molecule is CCN(NC=O)c1ccc2[nH]c3c(c2c1)CCCC3. The number of rotatable bonds is 4. The Hall–Kier alpha value is -1.97. The molecule has 3 rings (SSSR count). The first-order valence-corrected chi connectivity index (χ1v) is 6.94. The standard InChI is InChI=1S/C15H19N3O/c1-2-18(16-10-19)11-7-8-15-13(9-11)12-5-3-4-6-14(12)17-15/h7-10,17H,2-6H2,1H3,(H,16,19). The van der Waals surface area contributed by atoms with Crippen molar-refractivity contribution in [3.8, 4) is 0 Å². The monoisotopic (exact) mass is 257 g/mol. The van der Waals surface area contributed by atoms with E-state index in [1.807, 2.05) is 18.0 Å². The number of carbonyl (C=O) groups is 1. The molecule has 1 amide bonds. The second-order valence-electron chi connectivity index (χ2n) is 5.01. The molecule has 0 spiro atoms. The van der Waals surface area contributed by atoms with Crippen LogP contribution >= 0.6 is 0 Å². The minimum absolute atomic E-state index is 0.723. The summed E-state index contributed by atoms with van der Waals surface area (Å²) in [5, 5.41) is 3.16. The Bertz CT molecular complexity index is 603. The topological polar surface area (TPSA) is 48.1 Å². The lowest BCUT2D eigenvalue weighted by atomic mass is 9.95. The van der Waals surface area contributed by atoms with Crippen molar-refractivity contribution < 1.29 is 4.79 Å². The van der Waals surface area contributed by atoms with E-state index in [0.29, 0.717) is 0 Å². The van der Waals surface area contributed by atoms with E-state index >= 15 is 0 Å². The first-order valence-electron chi connectivity index (χ1n) is 6.94. The van der Waals surface area contributed by atoms with E-state index in [-0.39, 0.29) is 0 Å². The number of anilines is 1. The van der Waals surface area contributed by atoms with Gasteiger partial charge in [0.15, 0.2) is 0 Å². The average Bonchev–Trinajstić information content (AvgIpc) is 2.82. The number of aromatic nitrogens is 1. The normalized spacial score (nSPS) is 14.2. The van der Waals surface area contributed by atoms with E-state index in [2.05, 4.69) is 22.5 Å². The van der Waals surface area contributed by atoms with Crippen LogP contribution in [0.1, 0.15) is 31.0 Å². The second-order valence-corrected chi connectivity index (χ2v) is 5.01. The first kappa shape index (κ1) is 12.1. The van der Waals surface area contributed by atoms with Crippen molar-refractivity contribution >= 4 is 23.0 Å². The summed E-state index contributed by atoms with van der Waals surface area (Å²) in [5.41, 5.74) is 7.83. The van der Waals surface area contributed by atoms with Crippen LogP contribution in [0, 0.1) is 0 Å². The van der Waals surface area contributed by atoms with Crippen molar-refractivity contribution in [3.63, 3.8) is 0 Å². The van der Waals surface area contributed by atoms with Gasteiger partial charge in [-0.25, -0.2) is 0 Å². The largest absolute Gasteiger partial charge is 0.358 e. The van der Waals surface area contributed by atoms with Gasteiger partial charge in [0, 0.05) is 23.1 Å². The molecule has 2 N–H and O–H groups in total. The molecule has 19 heavy (non-hydrogen) atoms. The third-order valence-electron chi connectivity index (χ3n) is 3.92. The third kappa shape index (κ3) is 2.07. The van der Waals surface area contributed by atoms with E-state index in [1.54, 1.807) is 0 Å². The molecule has 0 bridgehead atoms. The molecule has 0 saturated carbocycles. The molecular weight excluding hydrogens is 238 g/mol. The Kier molecular flexibility index (Phi) is 3.15. The maximum absolute atomic E-state index is 10.6. The predicted octanol–water partition coefficient (Wildman–Crippen LogP) is 2.53. The fraction of sp³-hybridized carbons (Fsp3) is 0.400. The minimum Gasteiger partial charge on any atom is -0.358 e. The lowest BCUT2D eigenvalue weighted by Crippen LogP contribution is -2.36. The zero-order chi connectivity index (χ0) is 13.2. The molecule has 0 radical (unpaired) electrons. The minimum atomic E-state index is 0.723. The molecule has 1 aromatic carbocycles. The number of aromatic amines is 1. The van der Waals surface area contributed by atoms with Crippen LogP contribution in [0.25, 0.3) is 10.9 Å². The Balaban J connectivity index is 2.06. The fourth-order valence-electron chi connectivity index (χ4n) is 2.97. The number of amides is 1. The molecule has 0 saturated heterocycles. The molecule has 0 unspecified atom stereocenters. The van der Waals surface area contributed by atoms with Gasteiger partial charge >= 0.3 is 0 Å². The van der Waals surface area contributed by atoms with Crippen molar-refractivity contribution in [1.29, 1.82) is 0 Å². The number of H-pyrrole nitrogens is 1. The number of hydrazine groups is 1. The van der Waals surface area contributed by atoms with Crippen LogP contribution in [0.5, 0.6) is 0 Å². The first-order chi connectivity index (χ1) is 9.33. The van der Waals surface area contributed by atoms with Crippen LogP contribution in [0.4, 0.5) is 5.69 Å². The number of nitrogens with one attached hydrogen (secondary N) is 2. The molecule has 0 fully saturated rings. The van der Waals surface area contributed by atoms with E-state index in [0.717, 1.165) is 31.5 Å². The van der Waals surface area contributed by atoms with Gasteiger partial charge in [-0.05, 0) is 56.4 Å². The highest BCUT2D eigenvalue weighted by molar-refractivity contribution is 5.88. The van der Waals surface area contributed by atoms with Gasteiger partial charge in [-0.2, -0.15) is 0 Å². The molecule has 1 aromatic heterocycles. The average molecular weight is 257 g/mol. The molecule has 2 aromatic rings. The number of hydrogen-bond acceptors (Lipinski definition) is 2. The summed E-state index contributed by atoms with van der Waals surface area (Å²) in [4.78, 5) is 14.2. The number of fused-ring (bicyclic) bond motifs is 3. The van der Waals surface area contributed by atoms with Crippen LogP contribution in [-0.4, -0.2) is 17.9 Å². The predicted molar refractivity (Wildman–Crippen MR) is 77.2 cm³/mol. The van der Waals surface area contributed by atoms with Crippen LogP contribution in [-0.2, 0) is 17.6 Å². The quantitative estimate of drug-likeness (QED) is 0.653. The van der Waals surface area contributed by atoms with Crippen LogP contribution < -0.4 is 10.4 Å². The number of aryl methyl sites for hydroxylation is 2. The number of nitrogens with zero attached hydrogens (tertiary/aromatic N) is 1. The molecule has 0 aliphatic heterocycles. The molecule has 1 aliphatic carbocycles. The summed E-state index contributed by atoms with van der Waals surface area (Å²) in [6.45, 7) is 2.77. The fourth-order valence-corrected chi connectivity index (χ4v) is 2.97. The Morgan fingerprint density at radius 2 is 2.21 bits per heavy atom. The van der Waals surface area contributed by atoms with Crippen molar-refractivity contribution in [3.05, 3.63) is 29.5 Å². The summed E-state index contributed by atoms with van der Waals surface area (Å²) in [7, 11) is 0. The summed E-state index contributed by atoms with van der Waals surface area (Å²) in [6, 6.07) is 6.33. The molecule has 100 valence electrons. The van der Waals surface area contributed by atoms with Crippen molar-refractivity contribution in [2.75, 3.05) is 11.6 Å². The van der Waals surface area contributed by atoms with Crippen LogP contribution in [0.3, 0.4) is 0 Å². The maximum atomic E-state index is 10.6.